The van der Waals surface area contributed by atoms with Crippen LogP contribution in [-0.4, -0.2) is 46.0 Å². The first kappa shape index (κ1) is 21.1. The summed E-state index contributed by atoms with van der Waals surface area (Å²) in [6.45, 7) is 0.300. The molecule has 0 saturated heterocycles. The summed E-state index contributed by atoms with van der Waals surface area (Å²) in [5, 5.41) is 7.47. The number of nitrogens with zero attached hydrogens (tertiary/aromatic N) is 4. The molecule has 164 valence electrons. The number of rotatable bonds is 8. The van der Waals surface area contributed by atoms with Gasteiger partial charge in [-0.15, -0.1) is 0 Å². The highest BCUT2D eigenvalue weighted by Gasteiger charge is 2.13. The number of nitrogens with one attached hydrogen (secondary N) is 1. The normalized spacial score (nSPS) is 10.8. The molecule has 0 unspecified atom stereocenters. The molecule has 0 spiro atoms. The van der Waals surface area contributed by atoms with Crippen LogP contribution in [0.15, 0.2) is 65.8 Å². The van der Waals surface area contributed by atoms with Crippen molar-refractivity contribution in [2.24, 2.45) is 0 Å². The van der Waals surface area contributed by atoms with Crippen LogP contribution in [0.1, 0.15) is 5.56 Å². The summed E-state index contributed by atoms with van der Waals surface area (Å²) in [5.74, 6) is 1.01. The molecule has 32 heavy (non-hydrogen) atoms. The van der Waals surface area contributed by atoms with Crippen molar-refractivity contribution in [3.8, 4) is 17.2 Å². The van der Waals surface area contributed by atoms with Crippen LogP contribution >= 0.6 is 0 Å². The quantitative estimate of drug-likeness (QED) is 0.456. The fourth-order valence-corrected chi connectivity index (χ4v) is 3.41. The molecule has 4 rings (SSSR count). The molecule has 2 heterocycles. The molecule has 2 aromatic carbocycles. The third kappa shape index (κ3) is 4.31. The van der Waals surface area contributed by atoms with Gasteiger partial charge in [0, 0.05) is 6.54 Å². The molecule has 2 aromatic heterocycles. The summed E-state index contributed by atoms with van der Waals surface area (Å²) in [5.41, 5.74) is 1.94. The molecule has 1 amide bonds. The van der Waals surface area contributed by atoms with Gasteiger partial charge in [-0.25, -0.2) is 9.67 Å². The SMILES string of the molecule is COc1ccc(CCNC(=O)Cn2cnc3c(cnn3-c3ccccc3)c2=O)cc1OC. The van der Waals surface area contributed by atoms with Gasteiger partial charge in [-0.3, -0.25) is 14.2 Å². The molecule has 0 radical (unpaired) electrons. The second kappa shape index (κ2) is 9.34. The van der Waals surface area contributed by atoms with Crippen LogP contribution in [0.4, 0.5) is 0 Å². The Morgan fingerprint density at radius 3 is 2.59 bits per heavy atom. The molecule has 0 bridgehead atoms. The third-order valence-corrected chi connectivity index (χ3v) is 5.05. The van der Waals surface area contributed by atoms with Crippen LogP contribution in [0.5, 0.6) is 11.5 Å². The lowest BCUT2D eigenvalue weighted by atomic mass is 10.1. The lowest BCUT2D eigenvalue weighted by Gasteiger charge is -2.10. The minimum atomic E-state index is -0.313. The molecule has 0 aliphatic carbocycles. The number of carbonyl (C=O) groups excluding carboxylic acids is 1. The number of carbonyl (C=O) groups is 1. The number of aromatic nitrogens is 4. The second-order valence-corrected chi connectivity index (χ2v) is 7.10. The van der Waals surface area contributed by atoms with Crippen molar-refractivity contribution in [2.75, 3.05) is 20.8 Å². The predicted molar refractivity (Wildman–Crippen MR) is 119 cm³/mol. The fraction of sp³-hybridized carbons (Fsp3) is 0.217. The zero-order chi connectivity index (χ0) is 22.5. The lowest BCUT2D eigenvalue weighted by molar-refractivity contribution is -0.121. The average Bonchev–Trinajstić information content (AvgIpc) is 3.26. The molecule has 0 saturated carbocycles. The van der Waals surface area contributed by atoms with Crippen molar-refractivity contribution >= 4 is 16.9 Å². The van der Waals surface area contributed by atoms with E-state index in [1.165, 1.54) is 17.1 Å². The number of benzene rings is 2. The van der Waals surface area contributed by atoms with Crippen LogP contribution in [0, 0.1) is 0 Å². The van der Waals surface area contributed by atoms with Gasteiger partial charge < -0.3 is 14.8 Å². The Labute approximate surface area is 184 Å². The molecule has 9 nitrogen and oxygen atoms in total. The lowest BCUT2D eigenvalue weighted by Crippen LogP contribution is -2.33. The van der Waals surface area contributed by atoms with E-state index < -0.39 is 0 Å². The van der Waals surface area contributed by atoms with E-state index in [1.54, 1.807) is 18.9 Å². The number of fused-ring (bicyclic) bond motifs is 1. The van der Waals surface area contributed by atoms with Gasteiger partial charge in [-0.2, -0.15) is 5.10 Å². The minimum absolute atomic E-state index is 0.121. The molecule has 0 fully saturated rings. The van der Waals surface area contributed by atoms with Crippen LogP contribution in [0.25, 0.3) is 16.7 Å². The Morgan fingerprint density at radius 2 is 1.84 bits per heavy atom. The summed E-state index contributed by atoms with van der Waals surface area (Å²) >= 11 is 0. The topological polar surface area (TPSA) is 100 Å². The van der Waals surface area contributed by atoms with Gasteiger partial charge in [0.15, 0.2) is 17.1 Å². The van der Waals surface area contributed by atoms with Gasteiger partial charge in [-0.1, -0.05) is 24.3 Å². The number of ether oxygens (including phenoxy) is 2. The zero-order valence-corrected chi connectivity index (χ0v) is 17.8. The number of amides is 1. The Morgan fingerprint density at radius 1 is 1.06 bits per heavy atom. The largest absolute Gasteiger partial charge is 0.493 e. The van der Waals surface area contributed by atoms with Gasteiger partial charge in [0.05, 0.1) is 26.1 Å². The molecule has 0 atom stereocenters. The first-order valence-corrected chi connectivity index (χ1v) is 10.1. The van der Waals surface area contributed by atoms with E-state index in [0.29, 0.717) is 35.5 Å². The summed E-state index contributed by atoms with van der Waals surface area (Å²) in [4.78, 5) is 29.5. The summed E-state index contributed by atoms with van der Waals surface area (Å²) in [6.07, 6.45) is 3.46. The monoisotopic (exact) mass is 433 g/mol. The number of hydrogen-bond donors (Lipinski definition) is 1. The van der Waals surface area contributed by atoms with Crippen LogP contribution in [-0.2, 0) is 17.8 Å². The van der Waals surface area contributed by atoms with E-state index in [4.69, 9.17) is 9.47 Å². The minimum Gasteiger partial charge on any atom is -0.493 e. The van der Waals surface area contributed by atoms with Gasteiger partial charge in [0.2, 0.25) is 5.91 Å². The van der Waals surface area contributed by atoms with Crippen molar-refractivity contribution in [1.82, 2.24) is 24.6 Å². The molecule has 0 aliphatic rings. The van der Waals surface area contributed by atoms with Crippen molar-refractivity contribution in [1.29, 1.82) is 0 Å². The highest BCUT2D eigenvalue weighted by atomic mass is 16.5. The molecule has 9 heteroatoms. The maximum atomic E-state index is 12.8. The van der Waals surface area contributed by atoms with Gasteiger partial charge in [-0.05, 0) is 36.2 Å². The van der Waals surface area contributed by atoms with E-state index in [9.17, 15) is 9.59 Å². The Kier molecular flexibility index (Phi) is 6.16. The van der Waals surface area contributed by atoms with Crippen LogP contribution in [0.3, 0.4) is 0 Å². The standard InChI is InChI=1S/C23H23N5O4/c1-31-19-9-8-16(12-20(19)32-2)10-11-24-21(29)14-27-15-25-22-18(23(27)30)13-26-28(22)17-6-4-3-5-7-17/h3-9,12-13,15H,10-11,14H2,1-2H3,(H,24,29). The Hall–Kier alpha value is -4.14. The molecule has 0 aliphatic heterocycles. The fourth-order valence-electron chi connectivity index (χ4n) is 3.41. The Balaban J connectivity index is 1.41. The average molecular weight is 433 g/mol. The van der Waals surface area contributed by atoms with Crippen LogP contribution < -0.4 is 20.3 Å². The van der Waals surface area contributed by atoms with E-state index in [1.807, 2.05) is 48.5 Å². The van der Waals surface area contributed by atoms with Crippen molar-refractivity contribution in [3.05, 3.63) is 77.0 Å². The van der Waals surface area contributed by atoms with Gasteiger partial charge >= 0.3 is 0 Å². The maximum absolute atomic E-state index is 12.8. The summed E-state index contributed by atoms with van der Waals surface area (Å²) in [7, 11) is 3.16. The van der Waals surface area contributed by atoms with Crippen molar-refractivity contribution in [2.45, 2.75) is 13.0 Å². The van der Waals surface area contributed by atoms with Crippen molar-refractivity contribution < 1.29 is 14.3 Å². The van der Waals surface area contributed by atoms with Gasteiger partial charge in [0.1, 0.15) is 18.3 Å². The van der Waals surface area contributed by atoms with Crippen molar-refractivity contribution in [3.63, 3.8) is 0 Å². The molecule has 1 N–H and O–H groups in total. The molecular weight excluding hydrogens is 410 g/mol. The highest BCUT2D eigenvalue weighted by molar-refractivity contribution is 5.77. The van der Waals surface area contributed by atoms with E-state index in [0.717, 1.165) is 11.3 Å². The second-order valence-electron chi connectivity index (χ2n) is 7.10. The van der Waals surface area contributed by atoms with Gasteiger partial charge in [0.25, 0.3) is 5.56 Å². The highest BCUT2D eigenvalue weighted by Crippen LogP contribution is 2.27. The van der Waals surface area contributed by atoms with E-state index in [2.05, 4.69) is 15.4 Å². The summed E-state index contributed by atoms with van der Waals surface area (Å²) < 4.78 is 13.4. The first-order chi connectivity index (χ1) is 15.6. The van der Waals surface area contributed by atoms with E-state index in [-0.39, 0.29) is 18.0 Å². The maximum Gasteiger partial charge on any atom is 0.264 e. The number of para-hydroxylation sites is 1. The zero-order valence-electron chi connectivity index (χ0n) is 17.8. The number of hydrogen-bond acceptors (Lipinski definition) is 6. The molecule has 4 aromatic rings. The molecular formula is C23H23N5O4. The predicted octanol–water partition coefficient (Wildman–Crippen LogP) is 1.96. The first-order valence-electron chi connectivity index (χ1n) is 10.1. The van der Waals surface area contributed by atoms with E-state index >= 15 is 0 Å². The number of methoxy groups -OCH3 is 2. The summed E-state index contributed by atoms with van der Waals surface area (Å²) in [6, 6.07) is 15.0. The third-order valence-electron chi connectivity index (χ3n) is 5.05. The Bertz CT molecular complexity index is 1300. The van der Waals surface area contributed by atoms with Crippen LogP contribution in [0.2, 0.25) is 0 Å². The smallest absolute Gasteiger partial charge is 0.264 e.